The molecule has 1 N–H and O–H groups in total. The van der Waals surface area contributed by atoms with Gasteiger partial charge in [-0.05, 0) is 52.4 Å². The summed E-state index contributed by atoms with van der Waals surface area (Å²) in [5, 5.41) is 3.60. The number of nitrogens with one attached hydrogen (secondary N) is 1. The van der Waals surface area contributed by atoms with Gasteiger partial charge in [-0.3, -0.25) is 4.79 Å². The Bertz CT molecular complexity index is 443. The summed E-state index contributed by atoms with van der Waals surface area (Å²) in [6.07, 6.45) is 3.69. The highest BCUT2D eigenvalue weighted by Crippen LogP contribution is 2.39. The molecule has 0 saturated heterocycles. The average Bonchev–Trinajstić information content (AvgIpc) is 2.27. The van der Waals surface area contributed by atoms with Crippen LogP contribution in [0.25, 0.3) is 0 Å². The van der Waals surface area contributed by atoms with Gasteiger partial charge in [-0.2, -0.15) is 0 Å². The van der Waals surface area contributed by atoms with Crippen LogP contribution in [0.1, 0.15) is 36.5 Å². The van der Waals surface area contributed by atoms with Crippen LogP contribution in [0.5, 0.6) is 0 Å². The molecular formula is C13H15BrClNO. The minimum atomic E-state index is -0.0320. The summed E-state index contributed by atoms with van der Waals surface area (Å²) in [4.78, 5) is 11.9. The Kier molecular flexibility index (Phi) is 3.79. The highest BCUT2D eigenvalue weighted by molar-refractivity contribution is 9.10. The van der Waals surface area contributed by atoms with Crippen molar-refractivity contribution in [1.29, 1.82) is 0 Å². The minimum Gasteiger partial charge on any atom is -0.351 e. The molecule has 0 atom stereocenters. The van der Waals surface area contributed by atoms with Crippen LogP contribution in [0.3, 0.4) is 0 Å². The highest BCUT2D eigenvalue weighted by Gasteiger charge is 2.31. The van der Waals surface area contributed by atoms with E-state index in [4.69, 9.17) is 11.6 Å². The van der Waals surface area contributed by atoms with E-state index in [-0.39, 0.29) is 5.91 Å². The monoisotopic (exact) mass is 315 g/mol. The Labute approximate surface area is 115 Å². The Morgan fingerprint density at radius 3 is 2.76 bits per heavy atom. The fourth-order valence-corrected chi connectivity index (χ4v) is 2.49. The third kappa shape index (κ3) is 3.02. The molecule has 0 spiro atoms. The van der Waals surface area contributed by atoms with Crippen molar-refractivity contribution in [1.82, 2.24) is 5.32 Å². The zero-order valence-corrected chi connectivity index (χ0v) is 12.1. The largest absolute Gasteiger partial charge is 0.351 e. The second-order valence-corrected chi connectivity index (χ2v) is 6.24. The summed E-state index contributed by atoms with van der Waals surface area (Å²) in [6.45, 7) is 2.97. The minimum absolute atomic E-state index is 0.0320. The summed E-state index contributed by atoms with van der Waals surface area (Å²) in [6, 6.07) is 5.22. The van der Waals surface area contributed by atoms with Gasteiger partial charge in [-0.15, -0.1) is 0 Å². The average molecular weight is 317 g/mol. The zero-order chi connectivity index (χ0) is 12.5. The number of halogens is 2. The lowest BCUT2D eigenvalue weighted by molar-refractivity contribution is 0.0890. The SMILES string of the molecule is CC1(CNC(=O)c2ccc(Cl)c(Br)c2)CCC1. The molecule has 0 bridgehead atoms. The van der Waals surface area contributed by atoms with Crippen LogP contribution in [-0.2, 0) is 0 Å². The Morgan fingerprint density at radius 1 is 1.53 bits per heavy atom. The van der Waals surface area contributed by atoms with E-state index in [0.717, 1.165) is 11.0 Å². The fraction of sp³-hybridized carbons (Fsp3) is 0.462. The molecule has 1 amide bonds. The van der Waals surface area contributed by atoms with Gasteiger partial charge in [0.25, 0.3) is 5.91 Å². The first-order chi connectivity index (χ1) is 8.00. The van der Waals surface area contributed by atoms with Gasteiger partial charge in [0.1, 0.15) is 0 Å². The Hall–Kier alpha value is -0.540. The molecule has 0 heterocycles. The van der Waals surface area contributed by atoms with Crippen molar-refractivity contribution < 1.29 is 4.79 Å². The van der Waals surface area contributed by atoms with E-state index >= 15 is 0 Å². The lowest BCUT2D eigenvalue weighted by Gasteiger charge is -2.38. The van der Waals surface area contributed by atoms with Gasteiger partial charge in [0.15, 0.2) is 0 Å². The molecule has 0 aliphatic heterocycles. The smallest absolute Gasteiger partial charge is 0.251 e. The number of amides is 1. The molecule has 4 heteroatoms. The summed E-state index contributed by atoms with van der Waals surface area (Å²) in [5.74, 6) is -0.0320. The lowest BCUT2D eigenvalue weighted by atomic mass is 9.70. The predicted octanol–water partition coefficient (Wildman–Crippen LogP) is 4.02. The topological polar surface area (TPSA) is 29.1 Å². The summed E-state index contributed by atoms with van der Waals surface area (Å²) in [5.41, 5.74) is 0.948. The van der Waals surface area contributed by atoms with Crippen molar-refractivity contribution in [3.05, 3.63) is 33.3 Å². The molecule has 1 aromatic rings. The number of rotatable bonds is 3. The maximum atomic E-state index is 11.9. The molecule has 92 valence electrons. The van der Waals surface area contributed by atoms with Gasteiger partial charge in [0, 0.05) is 16.6 Å². The third-order valence-electron chi connectivity index (χ3n) is 3.42. The van der Waals surface area contributed by atoms with E-state index in [1.165, 1.54) is 19.3 Å². The van der Waals surface area contributed by atoms with E-state index in [2.05, 4.69) is 28.2 Å². The van der Waals surface area contributed by atoms with Crippen LogP contribution in [0.15, 0.2) is 22.7 Å². The molecule has 0 unspecified atom stereocenters. The van der Waals surface area contributed by atoms with Crippen LogP contribution in [0.4, 0.5) is 0 Å². The molecule has 1 aliphatic carbocycles. The van der Waals surface area contributed by atoms with Crippen molar-refractivity contribution in [2.45, 2.75) is 26.2 Å². The molecule has 2 rings (SSSR count). The van der Waals surface area contributed by atoms with Crippen LogP contribution in [0, 0.1) is 5.41 Å². The second kappa shape index (κ2) is 4.99. The number of benzene rings is 1. The highest BCUT2D eigenvalue weighted by atomic mass is 79.9. The van der Waals surface area contributed by atoms with Crippen molar-refractivity contribution in [2.75, 3.05) is 6.54 Å². The van der Waals surface area contributed by atoms with E-state index in [0.29, 0.717) is 16.0 Å². The summed E-state index contributed by atoms with van der Waals surface area (Å²) < 4.78 is 0.752. The maximum absolute atomic E-state index is 11.9. The molecule has 1 fully saturated rings. The van der Waals surface area contributed by atoms with Gasteiger partial charge in [-0.1, -0.05) is 24.9 Å². The van der Waals surface area contributed by atoms with Crippen molar-refractivity contribution in [3.8, 4) is 0 Å². The number of carbonyl (C=O) groups excluding carboxylic acids is 1. The van der Waals surface area contributed by atoms with Gasteiger partial charge in [0.05, 0.1) is 5.02 Å². The zero-order valence-electron chi connectivity index (χ0n) is 9.72. The normalized spacial score (nSPS) is 17.4. The summed E-state index contributed by atoms with van der Waals surface area (Å²) in [7, 11) is 0. The van der Waals surface area contributed by atoms with Crippen LogP contribution >= 0.6 is 27.5 Å². The quantitative estimate of drug-likeness (QED) is 0.896. The van der Waals surface area contributed by atoms with Crippen molar-refractivity contribution >= 4 is 33.4 Å². The van der Waals surface area contributed by atoms with Crippen LogP contribution in [0.2, 0.25) is 5.02 Å². The van der Waals surface area contributed by atoms with Gasteiger partial charge in [0.2, 0.25) is 0 Å². The standard InChI is InChI=1S/C13H15BrClNO/c1-13(5-2-6-13)8-16-12(17)9-3-4-11(15)10(14)7-9/h3-4,7H,2,5-6,8H2,1H3,(H,16,17). The van der Waals surface area contributed by atoms with Crippen molar-refractivity contribution in [3.63, 3.8) is 0 Å². The fourth-order valence-electron chi connectivity index (χ4n) is 1.99. The predicted molar refractivity (Wildman–Crippen MR) is 73.4 cm³/mol. The maximum Gasteiger partial charge on any atom is 0.251 e. The first-order valence-electron chi connectivity index (χ1n) is 5.73. The molecule has 1 saturated carbocycles. The van der Waals surface area contributed by atoms with Crippen LogP contribution in [-0.4, -0.2) is 12.5 Å². The van der Waals surface area contributed by atoms with Gasteiger partial charge < -0.3 is 5.32 Å². The van der Waals surface area contributed by atoms with E-state index < -0.39 is 0 Å². The third-order valence-corrected chi connectivity index (χ3v) is 4.63. The molecule has 0 aromatic heterocycles. The van der Waals surface area contributed by atoms with E-state index in [1.807, 2.05) is 0 Å². The second-order valence-electron chi connectivity index (χ2n) is 4.98. The van der Waals surface area contributed by atoms with E-state index in [1.54, 1.807) is 18.2 Å². The Balaban J connectivity index is 1.97. The molecule has 17 heavy (non-hydrogen) atoms. The molecule has 0 radical (unpaired) electrons. The Morgan fingerprint density at radius 2 is 2.24 bits per heavy atom. The van der Waals surface area contributed by atoms with Crippen molar-refractivity contribution in [2.24, 2.45) is 5.41 Å². The number of carbonyl (C=O) groups is 1. The number of hydrogen-bond donors (Lipinski definition) is 1. The lowest BCUT2D eigenvalue weighted by Crippen LogP contribution is -2.39. The molecule has 1 aromatic carbocycles. The first-order valence-corrected chi connectivity index (χ1v) is 6.91. The molecular weight excluding hydrogens is 302 g/mol. The number of hydrogen-bond acceptors (Lipinski definition) is 1. The van der Waals surface area contributed by atoms with Gasteiger partial charge in [-0.25, -0.2) is 0 Å². The van der Waals surface area contributed by atoms with Gasteiger partial charge >= 0.3 is 0 Å². The van der Waals surface area contributed by atoms with Crippen LogP contribution < -0.4 is 5.32 Å². The molecule has 1 aliphatic rings. The summed E-state index contributed by atoms with van der Waals surface area (Å²) >= 11 is 9.21. The first kappa shape index (κ1) is 12.9. The molecule has 2 nitrogen and oxygen atoms in total. The van der Waals surface area contributed by atoms with E-state index in [9.17, 15) is 4.79 Å².